The Morgan fingerprint density at radius 3 is 2.40 bits per heavy atom. The van der Waals surface area contributed by atoms with Gasteiger partial charge in [0.25, 0.3) is 5.91 Å². The predicted octanol–water partition coefficient (Wildman–Crippen LogP) is 4.40. The van der Waals surface area contributed by atoms with Gasteiger partial charge in [-0.2, -0.15) is 0 Å². The summed E-state index contributed by atoms with van der Waals surface area (Å²) in [5.74, 6) is 1.29. The number of para-hydroxylation sites is 2. The number of benzene rings is 2. The number of carbonyl (C=O) groups excluding carboxylic acids is 2. The van der Waals surface area contributed by atoms with Crippen molar-refractivity contribution in [1.82, 2.24) is 4.90 Å². The first kappa shape index (κ1) is 21.7. The zero-order valence-electron chi connectivity index (χ0n) is 18.0. The zero-order chi connectivity index (χ0) is 21.5. The first-order valence-corrected chi connectivity index (χ1v) is 10.6. The maximum atomic E-state index is 12.6. The smallest absolute Gasteiger partial charge is 0.253 e. The maximum Gasteiger partial charge on any atom is 0.253 e. The second-order valence-corrected chi connectivity index (χ2v) is 8.12. The molecule has 0 saturated carbocycles. The van der Waals surface area contributed by atoms with Gasteiger partial charge in [-0.15, -0.1) is 0 Å². The number of nitrogens with one attached hydrogen (secondary N) is 2. The Kier molecular flexibility index (Phi) is 7.33. The molecule has 0 spiro atoms. The molecule has 0 radical (unpaired) electrons. The van der Waals surface area contributed by atoms with E-state index >= 15 is 0 Å². The number of rotatable bonds is 7. The lowest BCUT2D eigenvalue weighted by Gasteiger charge is -2.30. The molecule has 2 aromatic rings. The molecule has 30 heavy (non-hydrogen) atoms. The van der Waals surface area contributed by atoms with Crippen molar-refractivity contribution >= 4 is 23.2 Å². The lowest BCUT2D eigenvalue weighted by atomic mass is 9.98. The highest BCUT2D eigenvalue weighted by atomic mass is 16.5. The summed E-state index contributed by atoms with van der Waals surface area (Å²) in [5, 5.41) is 5.97. The van der Waals surface area contributed by atoms with Gasteiger partial charge in [-0.25, -0.2) is 0 Å². The Morgan fingerprint density at radius 2 is 1.73 bits per heavy atom. The van der Waals surface area contributed by atoms with Gasteiger partial charge in [0, 0.05) is 24.3 Å². The van der Waals surface area contributed by atoms with Gasteiger partial charge in [-0.05, 0) is 69.0 Å². The third kappa shape index (κ3) is 5.99. The van der Waals surface area contributed by atoms with Crippen LogP contribution in [0.1, 0.15) is 44.0 Å². The topological polar surface area (TPSA) is 70.7 Å². The second-order valence-electron chi connectivity index (χ2n) is 8.12. The Hall–Kier alpha value is -3.02. The summed E-state index contributed by atoms with van der Waals surface area (Å²) < 4.78 is 5.76. The normalized spacial score (nSPS) is 14.5. The van der Waals surface area contributed by atoms with Crippen LogP contribution in [-0.4, -0.2) is 42.5 Å². The summed E-state index contributed by atoms with van der Waals surface area (Å²) in [6.07, 6.45) is 2.16. The summed E-state index contributed by atoms with van der Waals surface area (Å²) in [6, 6.07) is 14.6. The number of hydrogen-bond acceptors (Lipinski definition) is 4. The quantitative estimate of drug-likeness (QED) is 0.711. The van der Waals surface area contributed by atoms with Crippen molar-refractivity contribution in [3.8, 4) is 5.75 Å². The van der Waals surface area contributed by atoms with Crippen LogP contribution < -0.4 is 15.4 Å². The van der Waals surface area contributed by atoms with Crippen LogP contribution in [0.15, 0.2) is 48.5 Å². The van der Waals surface area contributed by atoms with E-state index in [1.807, 2.05) is 43.0 Å². The lowest BCUT2D eigenvalue weighted by molar-refractivity contribution is -0.114. The number of likely N-dealkylation sites (tertiary alicyclic amines) is 1. The highest BCUT2D eigenvalue weighted by Gasteiger charge is 2.21. The van der Waals surface area contributed by atoms with Crippen molar-refractivity contribution in [2.24, 2.45) is 5.92 Å². The molecule has 0 aliphatic carbocycles. The van der Waals surface area contributed by atoms with E-state index in [2.05, 4.69) is 17.6 Å². The highest BCUT2D eigenvalue weighted by Crippen LogP contribution is 2.24. The number of anilines is 2. The molecule has 0 atom stereocenters. The monoisotopic (exact) mass is 409 g/mol. The third-order valence-corrected chi connectivity index (χ3v) is 5.18. The Balaban J connectivity index is 1.52. The van der Waals surface area contributed by atoms with Crippen molar-refractivity contribution in [3.63, 3.8) is 0 Å². The molecule has 160 valence electrons. The standard InChI is InChI=1S/C24H31N3O3/c1-17(2)30-22-7-5-4-6-21(22)25-16-23(28)26-20-10-8-19(9-11-20)24(29)27-14-12-18(3)13-15-27/h4-11,17-18,25H,12-16H2,1-3H3,(H,26,28). The molecule has 2 aromatic carbocycles. The number of ether oxygens (including phenoxy) is 1. The number of piperidine rings is 1. The minimum absolute atomic E-state index is 0.0522. The molecule has 0 aromatic heterocycles. The van der Waals surface area contributed by atoms with Crippen LogP contribution >= 0.6 is 0 Å². The van der Waals surface area contributed by atoms with Crippen molar-refractivity contribution in [2.45, 2.75) is 39.7 Å². The lowest BCUT2D eigenvalue weighted by Crippen LogP contribution is -2.37. The number of amides is 2. The summed E-state index contributed by atoms with van der Waals surface area (Å²) in [7, 11) is 0. The zero-order valence-corrected chi connectivity index (χ0v) is 18.0. The minimum atomic E-state index is -0.168. The van der Waals surface area contributed by atoms with Crippen LogP contribution in [0, 0.1) is 5.92 Å². The SMILES string of the molecule is CC1CCN(C(=O)c2ccc(NC(=O)CNc3ccccc3OC(C)C)cc2)CC1. The van der Waals surface area contributed by atoms with E-state index < -0.39 is 0 Å². The summed E-state index contributed by atoms with van der Waals surface area (Å²) >= 11 is 0. The molecule has 0 bridgehead atoms. The Bertz CT molecular complexity index is 856. The van der Waals surface area contributed by atoms with E-state index in [0.29, 0.717) is 17.2 Å². The second kappa shape index (κ2) is 10.1. The minimum Gasteiger partial charge on any atom is -0.489 e. The Morgan fingerprint density at radius 1 is 1.07 bits per heavy atom. The van der Waals surface area contributed by atoms with E-state index in [9.17, 15) is 9.59 Å². The molecular formula is C24H31N3O3. The Labute approximate surface area is 178 Å². The molecule has 2 N–H and O–H groups in total. The number of nitrogens with zero attached hydrogens (tertiary/aromatic N) is 1. The molecule has 1 aliphatic rings. The first-order chi connectivity index (χ1) is 14.4. The summed E-state index contributed by atoms with van der Waals surface area (Å²) in [5.41, 5.74) is 2.09. The number of hydrogen-bond donors (Lipinski definition) is 2. The fourth-order valence-electron chi connectivity index (χ4n) is 3.44. The molecule has 6 nitrogen and oxygen atoms in total. The van der Waals surface area contributed by atoms with Gasteiger partial charge in [-0.3, -0.25) is 9.59 Å². The van der Waals surface area contributed by atoms with Crippen LogP contribution in [0.25, 0.3) is 0 Å². The van der Waals surface area contributed by atoms with E-state index in [1.165, 1.54) is 0 Å². The van der Waals surface area contributed by atoms with E-state index in [0.717, 1.165) is 37.4 Å². The average molecular weight is 410 g/mol. The van der Waals surface area contributed by atoms with Gasteiger partial charge >= 0.3 is 0 Å². The molecule has 1 saturated heterocycles. The fourth-order valence-corrected chi connectivity index (χ4v) is 3.44. The van der Waals surface area contributed by atoms with Gasteiger partial charge < -0.3 is 20.3 Å². The molecule has 0 unspecified atom stereocenters. The van der Waals surface area contributed by atoms with Gasteiger partial charge in [0.1, 0.15) is 5.75 Å². The molecule has 3 rings (SSSR count). The van der Waals surface area contributed by atoms with Gasteiger partial charge in [0.2, 0.25) is 5.91 Å². The predicted molar refractivity (Wildman–Crippen MR) is 120 cm³/mol. The van der Waals surface area contributed by atoms with Crippen LogP contribution in [-0.2, 0) is 4.79 Å². The van der Waals surface area contributed by atoms with Gasteiger partial charge in [0.15, 0.2) is 0 Å². The maximum absolute atomic E-state index is 12.6. The van der Waals surface area contributed by atoms with Crippen LogP contribution in [0.5, 0.6) is 5.75 Å². The molecule has 1 heterocycles. The molecule has 1 fully saturated rings. The molecule has 1 aliphatic heterocycles. The van der Waals surface area contributed by atoms with Crippen molar-refractivity contribution in [3.05, 3.63) is 54.1 Å². The summed E-state index contributed by atoms with van der Waals surface area (Å²) in [6.45, 7) is 7.89. The van der Waals surface area contributed by atoms with Crippen molar-refractivity contribution in [2.75, 3.05) is 30.3 Å². The van der Waals surface area contributed by atoms with Gasteiger partial charge in [-0.1, -0.05) is 19.1 Å². The van der Waals surface area contributed by atoms with Crippen LogP contribution in [0.3, 0.4) is 0 Å². The van der Waals surface area contributed by atoms with Crippen molar-refractivity contribution in [1.29, 1.82) is 0 Å². The largest absolute Gasteiger partial charge is 0.489 e. The number of carbonyl (C=O) groups is 2. The van der Waals surface area contributed by atoms with E-state index in [4.69, 9.17) is 4.74 Å². The average Bonchev–Trinajstić information content (AvgIpc) is 2.73. The van der Waals surface area contributed by atoms with E-state index in [1.54, 1.807) is 24.3 Å². The summed E-state index contributed by atoms with van der Waals surface area (Å²) in [4.78, 5) is 26.9. The molecular weight excluding hydrogens is 378 g/mol. The highest BCUT2D eigenvalue weighted by molar-refractivity contribution is 5.96. The molecule has 6 heteroatoms. The third-order valence-electron chi connectivity index (χ3n) is 5.18. The molecule has 2 amide bonds. The van der Waals surface area contributed by atoms with Gasteiger partial charge in [0.05, 0.1) is 18.3 Å². The first-order valence-electron chi connectivity index (χ1n) is 10.6. The van der Waals surface area contributed by atoms with Crippen LogP contribution in [0.2, 0.25) is 0 Å². The fraction of sp³-hybridized carbons (Fsp3) is 0.417. The van der Waals surface area contributed by atoms with E-state index in [-0.39, 0.29) is 24.5 Å². The van der Waals surface area contributed by atoms with Crippen LogP contribution in [0.4, 0.5) is 11.4 Å². The van der Waals surface area contributed by atoms with Crippen molar-refractivity contribution < 1.29 is 14.3 Å².